The van der Waals surface area contributed by atoms with Gasteiger partial charge in [-0.2, -0.15) is 5.10 Å². The van der Waals surface area contributed by atoms with Crippen molar-refractivity contribution in [1.29, 1.82) is 0 Å². The van der Waals surface area contributed by atoms with Gasteiger partial charge in [0, 0.05) is 6.54 Å². The van der Waals surface area contributed by atoms with Gasteiger partial charge in [0.15, 0.2) is 0 Å². The Hall–Kier alpha value is -2.37. The highest BCUT2D eigenvalue weighted by atomic mass is 19.1. The average Bonchev–Trinajstić information content (AvgIpc) is 2.74. The zero-order valence-electron chi connectivity index (χ0n) is 9.83. The number of halogens is 1. The van der Waals surface area contributed by atoms with Gasteiger partial charge < -0.3 is 10.6 Å². The van der Waals surface area contributed by atoms with Crippen LogP contribution in [-0.4, -0.2) is 16.2 Å². The van der Waals surface area contributed by atoms with E-state index >= 15 is 0 Å². The highest BCUT2D eigenvalue weighted by Gasteiger charge is 2.05. The fraction of sp³-hybridized carbons (Fsp3) is 0.167. The van der Waals surface area contributed by atoms with Crippen molar-refractivity contribution >= 4 is 11.7 Å². The first-order valence-corrected chi connectivity index (χ1v) is 5.44. The number of H-pyrrole nitrogens is 1. The highest BCUT2D eigenvalue weighted by molar-refractivity contribution is 5.89. The molecule has 0 aliphatic rings. The Morgan fingerprint density at radius 2 is 2.11 bits per heavy atom. The third-order valence-corrected chi connectivity index (χ3v) is 2.44. The molecule has 94 valence electrons. The van der Waals surface area contributed by atoms with E-state index in [1.165, 1.54) is 18.3 Å². The SMILES string of the molecule is Cc1[nH]ncc1NC(=O)NCc1ccc(F)cc1. The van der Waals surface area contributed by atoms with E-state index in [1.54, 1.807) is 12.1 Å². The van der Waals surface area contributed by atoms with E-state index < -0.39 is 0 Å². The van der Waals surface area contributed by atoms with E-state index in [0.717, 1.165) is 11.3 Å². The Morgan fingerprint density at radius 1 is 1.39 bits per heavy atom. The van der Waals surface area contributed by atoms with E-state index in [2.05, 4.69) is 20.8 Å². The minimum Gasteiger partial charge on any atom is -0.334 e. The second kappa shape index (κ2) is 5.31. The van der Waals surface area contributed by atoms with Crippen LogP contribution in [0, 0.1) is 12.7 Å². The largest absolute Gasteiger partial charge is 0.334 e. The van der Waals surface area contributed by atoms with Gasteiger partial charge in [-0.25, -0.2) is 9.18 Å². The number of anilines is 1. The number of aromatic amines is 1. The third-order valence-electron chi connectivity index (χ3n) is 2.44. The van der Waals surface area contributed by atoms with Crippen molar-refractivity contribution in [3.63, 3.8) is 0 Å². The van der Waals surface area contributed by atoms with E-state index in [-0.39, 0.29) is 11.8 Å². The zero-order chi connectivity index (χ0) is 13.0. The van der Waals surface area contributed by atoms with Gasteiger partial charge in [-0.1, -0.05) is 12.1 Å². The summed E-state index contributed by atoms with van der Waals surface area (Å²) in [7, 11) is 0. The van der Waals surface area contributed by atoms with Gasteiger partial charge in [-0.05, 0) is 24.6 Å². The van der Waals surface area contributed by atoms with Crippen LogP contribution in [0.3, 0.4) is 0 Å². The van der Waals surface area contributed by atoms with Crippen LogP contribution in [0.4, 0.5) is 14.9 Å². The fourth-order valence-corrected chi connectivity index (χ4v) is 1.43. The smallest absolute Gasteiger partial charge is 0.319 e. The zero-order valence-corrected chi connectivity index (χ0v) is 9.83. The number of aryl methyl sites for hydroxylation is 1. The lowest BCUT2D eigenvalue weighted by Gasteiger charge is -2.06. The summed E-state index contributed by atoms with van der Waals surface area (Å²) >= 11 is 0. The number of hydrogen-bond donors (Lipinski definition) is 3. The molecule has 2 rings (SSSR count). The lowest BCUT2D eigenvalue weighted by molar-refractivity contribution is 0.251. The summed E-state index contributed by atoms with van der Waals surface area (Å²) in [6.07, 6.45) is 1.53. The first-order valence-electron chi connectivity index (χ1n) is 5.44. The second-order valence-electron chi connectivity index (χ2n) is 3.84. The molecule has 0 saturated carbocycles. The molecule has 1 aromatic carbocycles. The monoisotopic (exact) mass is 248 g/mol. The summed E-state index contributed by atoms with van der Waals surface area (Å²) in [6.45, 7) is 2.14. The Labute approximate surface area is 103 Å². The average molecular weight is 248 g/mol. The first-order chi connectivity index (χ1) is 8.65. The molecule has 1 heterocycles. The summed E-state index contributed by atoms with van der Waals surface area (Å²) in [5.41, 5.74) is 2.24. The molecule has 0 unspecified atom stereocenters. The van der Waals surface area contributed by atoms with Crippen LogP contribution in [0.25, 0.3) is 0 Å². The summed E-state index contributed by atoms with van der Waals surface area (Å²) in [5.74, 6) is -0.294. The molecule has 6 heteroatoms. The molecule has 5 nitrogen and oxygen atoms in total. The van der Waals surface area contributed by atoms with Crippen LogP contribution in [0.2, 0.25) is 0 Å². The molecule has 0 radical (unpaired) electrons. The van der Waals surface area contributed by atoms with E-state index in [0.29, 0.717) is 12.2 Å². The Kier molecular flexibility index (Phi) is 3.57. The van der Waals surface area contributed by atoms with Gasteiger partial charge in [0.2, 0.25) is 0 Å². The summed E-state index contributed by atoms with van der Waals surface area (Å²) in [5, 5.41) is 11.8. The lowest BCUT2D eigenvalue weighted by atomic mass is 10.2. The number of hydrogen-bond acceptors (Lipinski definition) is 2. The molecule has 0 spiro atoms. The van der Waals surface area contributed by atoms with Crippen molar-refractivity contribution in [1.82, 2.24) is 15.5 Å². The van der Waals surface area contributed by atoms with Gasteiger partial charge >= 0.3 is 6.03 Å². The molecule has 0 aliphatic carbocycles. The van der Waals surface area contributed by atoms with Gasteiger partial charge in [0.1, 0.15) is 5.82 Å². The highest BCUT2D eigenvalue weighted by Crippen LogP contribution is 2.09. The summed E-state index contributed by atoms with van der Waals surface area (Å²) < 4.78 is 12.7. The van der Waals surface area contributed by atoms with Gasteiger partial charge in [0.25, 0.3) is 0 Å². The molecule has 3 N–H and O–H groups in total. The molecular formula is C12H13FN4O. The molecule has 0 saturated heterocycles. The molecule has 0 fully saturated rings. The normalized spacial score (nSPS) is 10.1. The van der Waals surface area contributed by atoms with E-state index in [1.807, 2.05) is 6.92 Å². The number of carbonyl (C=O) groups excluding carboxylic acids is 1. The first kappa shape index (κ1) is 12.1. The third kappa shape index (κ3) is 3.07. The second-order valence-corrected chi connectivity index (χ2v) is 3.84. The van der Waals surface area contributed by atoms with Crippen molar-refractivity contribution in [3.05, 3.63) is 47.5 Å². The fourth-order valence-electron chi connectivity index (χ4n) is 1.43. The number of carbonyl (C=O) groups is 1. The van der Waals surface area contributed by atoms with Crippen LogP contribution in [0.5, 0.6) is 0 Å². The van der Waals surface area contributed by atoms with Crippen LogP contribution in [0.1, 0.15) is 11.3 Å². The molecule has 2 aromatic rings. The maximum atomic E-state index is 12.7. The molecule has 18 heavy (non-hydrogen) atoms. The minimum absolute atomic E-state index is 0.294. The maximum absolute atomic E-state index is 12.7. The summed E-state index contributed by atoms with van der Waals surface area (Å²) in [6, 6.07) is 5.63. The number of rotatable bonds is 3. The van der Waals surface area contributed by atoms with E-state index in [4.69, 9.17) is 0 Å². The van der Waals surface area contributed by atoms with Crippen molar-refractivity contribution in [2.45, 2.75) is 13.5 Å². The number of aromatic nitrogens is 2. The number of nitrogens with one attached hydrogen (secondary N) is 3. The number of benzene rings is 1. The van der Waals surface area contributed by atoms with Crippen molar-refractivity contribution in [2.75, 3.05) is 5.32 Å². The van der Waals surface area contributed by atoms with Gasteiger partial charge in [-0.15, -0.1) is 0 Å². The molecule has 0 atom stereocenters. The Bertz CT molecular complexity index is 535. The Morgan fingerprint density at radius 3 is 2.72 bits per heavy atom. The maximum Gasteiger partial charge on any atom is 0.319 e. The van der Waals surface area contributed by atoms with Crippen LogP contribution in [0.15, 0.2) is 30.5 Å². The van der Waals surface area contributed by atoms with Crippen molar-refractivity contribution < 1.29 is 9.18 Å². The quantitative estimate of drug-likeness (QED) is 0.779. The number of amides is 2. The van der Waals surface area contributed by atoms with E-state index in [9.17, 15) is 9.18 Å². The predicted octanol–water partition coefficient (Wildman–Crippen LogP) is 2.18. The van der Waals surface area contributed by atoms with Crippen molar-refractivity contribution in [2.24, 2.45) is 0 Å². The molecule has 2 amide bonds. The van der Waals surface area contributed by atoms with Gasteiger partial charge in [-0.3, -0.25) is 5.10 Å². The molecular weight excluding hydrogens is 235 g/mol. The molecule has 1 aromatic heterocycles. The van der Waals surface area contributed by atoms with Crippen LogP contribution >= 0.6 is 0 Å². The Balaban J connectivity index is 1.85. The van der Waals surface area contributed by atoms with Gasteiger partial charge in [0.05, 0.1) is 17.6 Å². The standard InChI is InChI=1S/C12H13FN4O/c1-8-11(7-15-17-8)16-12(18)14-6-9-2-4-10(13)5-3-9/h2-5,7H,6H2,1H3,(H,15,17)(H2,14,16,18). The number of urea groups is 1. The lowest BCUT2D eigenvalue weighted by Crippen LogP contribution is -2.28. The predicted molar refractivity (Wildman–Crippen MR) is 65.6 cm³/mol. The van der Waals surface area contributed by atoms with Crippen LogP contribution in [-0.2, 0) is 6.54 Å². The molecule has 0 aliphatic heterocycles. The number of nitrogens with zero attached hydrogens (tertiary/aromatic N) is 1. The van der Waals surface area contributed by atoms with Crippen molar-refractivity contribution in [3.8, 4) is 0 Å². The van der Waals surface area contributed by atoms with Crippen LogP contribution < -0.4 is 10.6 Å². The topological polar surface area (TPSA) is 69.8 Å². The minimum atomic E-state index is -0.330. The summed E-state index contributed by atoms with van der Waals surface area (Å²) in [4.78, 5) is 11.6. The molecule has 0 bridgehead atoms.